The summed E-state index contributed by atoms with van der Waals surface area (Å²) in [5, 5.41) is 0.580. The Morgan fingerprint density at radius 1 is 1.00 bits per heavy atom. The molecule has 0 bridgehead atoms. The molecule has 0 saturated heterocycles. The van der Waals surface area contributed by atoms with Gasteiger partial charge in [-0.25, -0.2) is 0 Å². The average molecular weight is 356 g/mol. The summed E-state index contributed by atoms with van der Waals surface area (Å²) >= 11 is 5.98. The first-order valence-electron chi connectivity index (χ1n) is 7.95. The SMILES string of the molecule is C[C@H](COc1ccccc1)Oc1ccn(-c2cccc(Cl)c2)c(=O)c1. The number of halogens is 1. The third-order valence-corrected chi connectivity index (χ3v) is 3.78. The van der Waals surface area contributed by atoms with E-state index in [1.807, 2.05) is 43.3 Å². The van der Waals surface area contributed by atoms with Crippen molar-refractivity contribution in [2.24, 2.45) is 0 Å². The van der Waals surface area contributed by atoms with Gasteiger partial charge in [-0.3, -0.25) is 9.36 Å². The van der Waals surface area contributed by atoms with E-state index in [9.17, 15) is 4.79 Å². The van der Waals surface area contributed by atoms with E-state index >= 15 is 0 Å². The van der Waals surface area contributed by atoms with Crippen LogP contribution in [0.4, 0.5) is 0 Å². The Morgan fingerprint density at radius 3 is 2.52 bits per heavy atom. The lowest BCUT2D eigenvalue weighted by atomic mass is 10.3. The number of ether oxygens (including phenoxy) is 2. The molecule has 0 amide bonds. The zero-order chi connectivity index (χ0) is 17.6. The summed E-state index contributed by atoms with van der Waals surface area (Å²) in [7, 11) is 0. The number of pyridine rings is 1. The maximum atomic E-state index is 12.3. The van der Waals surface area contributed by atoms with Gasteiger partial charge in [-0.2, -0.15) is 0 Å². The van der Waals surface area contributed by atoms with Crippen molar-refractivity contribution >= 4 is 11.6 Å². The highest BCUT2D eigenvalue weighted by Crippen LogP contribution is 2.16. The molecular formula is C20H18ClNO3. The first kappa shape index (κ1) is 17.1. The number of benzene rings is 2. The molecule has 1 atom stereocenters. The smallest absolute Gasteiger partial charge is 0.258 e. The zero-order valence-corrected chi connectivity index (χ0v) is 14.5. The van der Waals surface area contributed by atoms with E-state index in [1.165, 1.54) is 10.6 Å². The minimum atomic E-state index is -0.193. The molecule has 0 aliphatic rings. The van der Waals surface area contributed by atoms with E-state index in [0.717, 1.165) is 5.75 Å². The summed E-state index contributed by atoms with van der Waals surface area (Å²) in [6.45, 7) is 2.28. The summed E-state index contributed by atoms with van der Waals surface area (Å²) < 4.78 is 12.9. The topological polar surface area (TPSA) is 40.5 Å². The van der Waals surface area contributed by atoms with E-state index in [0.29, 0.717) is 23.1 Å². The Balaban J connectivity index is 1.65. The van der Waals surface area contributed by atoms with Gasteiger partial charge in [0.2, 0.25) is 0 Å². The van der Waals surface area contributed by atoms with Gasteiger partial charge >= 0.3 is 0 Å². The van der Waals surface area contributed by atoms with E-state index in [-0.39, 0.29) is 11.7 Å². The van der Waals surface area contributed by atoms with Gasteiger partial charge in [0.1, 0.15) is 24.2 Å². The van der Waals surface area contributed by atoms with Crippen LogP contribution in [-0.4, -0.2) is 17.3 Å². The Hall–Kier alpha value is -2.72. The number of para-hydroxylation sites is 1. The van der Waals surface area contributed by atoms with Gasteiger partial charge in [0.25, 0.3) is 5.56 Å². The summed E-state index contributed by atoms with van der Waals surface area (Å²) in [5.74, 6) is 1.29. The van der Waals surface area contributed by atoms with Crippen LogP contribution in [0.3, 0.4) is 0 Å². The van der Waals surface area contributed by atoms with Crippen molar-refractivity contribution in [1.29, 1.82) is 0 Å². The highest BCUT2D eigenvalue weighted by molar-refractivity contribution is 6.30. The molecule has 0 radical (unpaired) electrons. The third-order valence-electron chi connectivity index (χ3n) is 3.54. The monoisotopic (exact) mass is 355 g/mol. The standard InChI is InChI=1S/C20H18ClNO3/c1-15(14-24-18-8-3-2-4-9-18)25-19-10-11-22(20(23)13-19)17-7-5-6-16(21)12-17/h2-13,15H,14H2,1H3/t15-/m1/s1. The van der Waals surface area contributed by atoms with E-state index in [1.54, 1.807) is 30.5 Å². The molecule has 3 rings (SSSR count). The third kappa shape index (κ3) is 4.64. The molecule has 4 nitrogen and oxygen atoms in total. The van der Waals surface area contributed by atoms with Crippen LogP contribution in [-0.2, 0) is 0 Å². The number of hydrogen-bond donors (Lipinski definition) is 0. The fourth-order valence-corrected chi connectivity index (χ4v) is 2.55. The van der Waals surface area contributed by atoms with Gasteiger partial charge in [0, 0.05) is 17.3 Å². The second-order valence-corrected chi connectivity index (χ2v) is 6.04. The van der Waals surface area contributed by atoms with Gasteiger partial charge in [0.05, 0.1) is 5.69 Å². The maximum absolute atomic E-state index is 12.3. The van der Waals surface area contributed by atoms with Crippen LogP contribution in [0.25, 0.3) is 5.69 Å². The normalized spacial score (nSPS) is 11.8. The molecule has 1 heterocycles. The highest BCUT2D eigenvalue weighted by atomic mass is 35.5. The predicted octanol–water partition coefficient (Wildman–Crippen LogP) is 4.34. The van der Waals surface area contributed by atoms with Crippen molar-refractivity contribution in [3.05, 3.63) is 88.3 Å². The van der Waals surface area contributed by atoms with E-state index < -0.39 is 0 Å². The summed E-state index contributed by atoms with van der Waals surface area (Å²) in [6, 6.07) is 19.9. The van der Waals surface area contributed by atoms with Gasteiger partial charge in [-0.1, -0.05) is 35.9 Å². The van der Waals surface area contributed by atoms with Crippen LogP contribution in [0.1, 0.15) is 6.92 Å². The Kier molecular flexibility index (Phi) is 5.41. The van der Waals surface area contributed by atoms with Crippen molar-refractivity contribution in [1.82, 2.24) is 4.57 Å². The molecule has 0 aliphatic carbocycles. The minimum absolute atomic E-state index is 0.184. The highest BCUT2D eigenvalue weighted by Gasteiger charge is 2.08. The number of rotatable bonds is 6. The summed E-state index contributed by atoms with van der Waals surface area (Å²) in [6.07, 6.45) is 1.48. The molecular weight excluding hydrogens is 338 g/mol. The molecule has 0 unspecified atom stereocenters. The quantitative estimate of drug-likeness (QED) is 0.660. The van der Waals surface area contributed by atoms with Crippen molar-refractivity contribution in [2.45, 2.75) is 13.0 Å². The molecule has 128 valence electrons. The largest absolute Gasteiger partial charge is 0.490 e. The molecule has 0 fully saturated rings. The summed E-state index contributed by atoms with van der Waals surface area (Å²) in [4.78, 5) is 12.3. The molecule has 2 aromatic carbocycles. The van der Waals surface area contributed by atoms with Crippen molar-refractivity contribution in [3.63, 3.8) is 0 Å². The lowest BCUT2D eigenvalue weighted by Crippen LogP contribution is -2.23. The molecule has 3 aromatic rings. The first-order chi connectivity index (χ1) is 12.1. The Labute approximate surface area is 151 Å². The Bertz CT molecular complexity index is 893. The predicted molar refractivity (Wildman–Crippen MR) is 99.1 cm³/mol. The fraction of sp³-hybridized carbons (Fsp3) is 0.150. The molecule has 5 heteroatoms. The molecule has 0 spiro atoms. The number of aromatic nitrogens is 1. The molecule has 0 aliphatic heterocycles. The average Bonchev–Trinajstić information content (AvgIpc) is 2.61. The summed E-state index contributed by atoms with van der Waals surface area (Å²) in [5.41, 5.74) is 0.528. The van der Waals surface area contributed by atoms with Crippen molar-refractivity contribution < 1.29 is 9.47 Å². The van der Waals surface area contributed by atoms with Crippen LogP contribution < -0.4 is 15.0 Å². The van der Waals surface area contributed by atoms with Gasteiger partial charge in [-0.15, -0.1) is 0 Å². The fourth-order valence-electron chi connectivity index (χ4n) is 2.37. The van der Waals surface area contributed by atoms with Crippen molar-refractivity contribution in [2.75, 3.05) is 6.61 Å². The molecule has 0 saturated carbocycles. The minimum Gasteiger partial charge on any atom is -0.490 e. The number of nitrogens with zero attached hydrogens (tertiary/aromatic N) is 1. The maximum Gasteiger partial charge on any atom is 0.258 e. The van der Waals surface area contributed by atoms with E-state index in [2.05, 4.69) is 0 Å². The zero-order valence-electron chi connectivity index (χ0n) is 13.8. The molecule has 1 aromatic heterocycles. The van der Waals surface area contributed by atoms with Crippen LogP contribution in [0.15, 0.2) is 77.7 Å². The van der Waals surface area contributed by atoms with Crippen LogP contribution in [0.5, 0.6) is 11.5 Å². The van der Waals surface area contributed by atoms with Crippen LogP contribution in [0, 0.1) is 0 Å². The van der Waals surface area contributed by atoms with E-state index in [4.69, 9.17) is 21.1 Å². The Morgan fingerprint density at radius 2 is 1.80 bits per heavy atom. The molecule has 0 N–H and O–H groups in total. The van der Waals surface area contributed by atoms with Gasteiger partial charge in [-0.05, 0) is 43.3 Å². The second kappa shape index (κ2) is 7.90. The van der Waals surface area contributed by atoms with Crippen molar-refractivity contribution in [3.8, 4) is 17.2 Å². The molecule has 25 heavy (non-hydrogen) atoms. The van der Waals surface area contributed by atoms with Crippen LogP contribution >= 0.6 is 11.6 Å². The lowest BCUT2D eigenvalue weighted by molar-refractivity contribution is 0.143. The van der Waals surface area contributed by atoms with Gasteiger partial charge in [0.15, 0.2) is 0 Å². The number of hydrogen-bond acceptors (Lipinski definition) is 3. The lowest BCUT2D eigenvalue weighted by Gasteiger charge is -2.16. The second-order valence-electron chi connectivity index (χ2n) is 5.60. The van der Waals surface area contributed by atoms with Gasteiger partial charge < -0.3 is 9.47 Å². The van der Waals surface area contributed by atoms with Crippen LogP contribution in [0.2, 0.25) is 5.02 Å². The first-order valence-corrected chi connectivity index (χ1v) is 8.33.